The summed E-state index contributed by atoms with van der Waals surface area (Å²) in [4.78, 5) is 22.2. The summed E-state index contributed by atoms with van der Waals surface area (Å²) in [7, 11) is 1.52. The number of carbonyl (C=O) groups is 2. The van der Waals surface area contributed by atoms with Crippen LogP contribution in [-0.2, 0) is 23.2 Å². The van der Waals surface area contributed by atoms with E-state index in [1.54, 1.807) is 6.92 Å². The molecule has 1 atom stereocenters. The van der Waals surface area contributed by atoms with Gasteiger partial charge in [-0.3, -0.25) is 9.59 Å². The number of hydrogen-bond acceptors (Lipinski definition) is 7. The SMILES string of the molecule is CCOC(=O)C(N)COC(=O)CCSOC. The van der Waals surface area contributed by atoms with Gasteiger partial charge in [-0.1, -0.05) is 0 Å². The fraction of sp³-hybridized carbons (Fsp3) is 0.778. The first kappa shape index (κ1) is 15.2. The summed E-state index contributed by atoms with van der Waals surface area (Å²) in [6.07, 6.45) is 0.216. The Morgan fingerprint density at radius 1 is 1.38 bits per heavy atom. The average molecular weight is 251 g/mol. The molecule has 2 N–H and O–H groups in total. The Morgan fingerprint density at radius 2 is 2.06 bits per heavy atom. The van der Waals surface area contributed by atoms with E-state index in [9.17, 15) is 9.59 Å². The maximum atomic E-state index is 11.1. The fourth-order valence-corrected chi connectivity index (χ4v) is 1.20. The lowest BCUT2D eigenvalue weighted by molar-refractivity contribution is -0.150. The van der Waals surface area contributed by atoms with Gasteiger partial charge in [-0.2, -0.15) is 0 Å². The number of rotatable bonds is 8. The highest BCUT2D eigenvalue weighted by Crippen LogP contribution is 2.02. The van der Waals surface area contributed by atoms with Crippen LogP contribution in [0.4, 0.5) is 0 Å². The van der Waals surface area contributed by atoms with Crippen LogP contribution in [0.5, 0.6) is 0 Å². The maximum absolute atomic E-state index is 11.1. The monoisotopic (exact) mass is 251 g/mol. The van der Waals surface area contributed by atoms with Gasteiger partial charge >= 0.3 is 11.9 Å². The molecule has 6 nitrogen and oxygen atoms in total. The van der Waals surface area contributed by atoms with Crippen LogP contribution in [0.2, 0.25) is 0 Å². The van der Waals surface area contributed by atoms with E-state index in [0.717, 1.165) is 12.0 Å². The molecule has 0 aromatic heterocycles. The molecule has 0 amide bonds. The first-order chi connectivity index (χ1) is 7.61. The van der Waals surface area contributed by atoms with Crippen molar-refractivity contribution in [3.63, 3.8) is 0 Å². The van der Waals surface area contributed by atoms with Gasteiger partial charge in [0.25, 0.3) is 0 Å². The minimum absolute atomic E-state index is 0.157. The minimum Gasteiger partial charge on any atom is -0.465 e. The molecule has 0 aliphatic heterocycles. The molecule has 1 unspecified atom stereocenters. The van der Waals surface area contributed by atoms with Gasteiger partial charge < -0.3 is 19.4 Å². The summed E-state index contributed by atoms with van der Waals surface area (Å²) in [5, 5.41) is 0. The third-order valence-corrected chi connectivity index (χ3v) is 2.13. The molecule has 0 aliphatic carbocycles. The van der Waals surface area contributed by atoms with Gasteiger partial charge in [-0.15, -0.1) is 0 Å². The molecule has 0 radical (unpaired) electrons. The minimum atomic E-state index is -0.918. The van der Waals surface area contributed by atoms with Crippen molar-refractivity contribution < 1.29 is 23.2 Å². The zero-order valence-electron chi connectivity index (χ0n) is 9.43. The zero-order valence-corrected chi connectivity index (χ0v) is 10.2. The fourth-order valence-electron chi connectivity index (χ4n) is 0.781. The third kappa shape index (κ3) is 7.49. The molecule has 0 heterocycles. The van der Waals surface area contributed by atoms with Crippen molar-refractivity contribution in [3.05, 3.63) is 0 Å². The van der Waals surface area contributed by atoms with E-state index in [4.69, 9.17) is 14.7 Å². The number of ether oxygens (including phenoxy) is 2. The Bertz CT molecular complexity index is 224. The van der Waals surface area contributed by atoms with Gasteiger partial charge in [0.1, 0.15) is 12.6 Å². The summed E-state index contributed by atoms with van der Waals surface area (Å²) in [5.41, 5.74) is 5.42. The van der Waals surface area contributed by atoms with Gasteiger partial charge in [-0.25, -0.2) is 0 Å². The van der Waals surface area contributed by atoms with E-state index in [1.807, 2.05) is 0 Å². The van der Waals surface area contributed by atoms with Gasteiger partial charge in [0, 0.05) is 5.75 Å². The van der Waals surface area contributed by atoms with E-state index < -0.39 is 18.0 Å². The van der Waals surface area contributed by atoms with Crippen LogP contribution in [-0.4, -0.2) is 44.1 Å². The summed E-state index contributed by atoms with van der Waals surface area (Å²) < 4.78 is 14.1. The van der Waals surface area contributed by atoms with Crippen LogP contribution in [0.15, 0.2) is 0 Å². The zero-order chi connectivity index (χ0) is 12.4. The molecular weight excluding hydrogens is 234 g/mol. The van der Waals surface area contributed by atoms with Crippen molar-refractivity contribution in [1.82, 2.24) is 0 Å². The topological polar surface area (TPSA) is 87.9 Å². The first-order valence-corrected chi connectivity index (χ1v) is 5.76. The molecule has 7 heteroatoms. The highest BCUT2D eigenvalue weighted by Gasteiger charge is 2.16. The molecule has 16 heavy (non-hydrogen) atoms. The van der Waals surface area contributed by atoms with Crippen molar-refractivity contribution in [2.24, 2.45) is 5.73 Å². The van der Waals surface area contributed by atoms with Crippen LogP contribution in [0.3, 0.4) is 0 Å². The van der Waals surface area contributed by atoms with Crippen LogP contribution in [0, 0.1) is 0 Å². The summed E-state index contributed by atoms with van der Waals surface area (Å²) in [5.74, 6) is -0.477. The van der Waals surface area contributed by atoms with Gasteiger partial charge in [0.15, 0.2) is 0 Å². The Labute approximate surface area is 99.0 Å². The van der Waals surface area contributed by atoms with Crippen LogP contribution in [0.25, 0.3) is 0 Å². The van der Waals surface area contributed by atoms with E-state index in [2.05, 4.69) is 4.74 Å². The van der Waals surface area contributed by atoms with E-state index in [0.29, 0.717) is 5.75 Å². The Hall–Kier alpha value is -0.790. The molecule has 0 bridgehead atoms. The van der Waals surface area contributed by atoms with Crippen molar-refractivity contribution in [2.75, 3.05) is 26.1 Å². The molecular formula is C9H17NO5S. The second-order valence-electron chi connectivity index (χ2n) is 2.78. The highest BCUT2D eigenvalue weighted by molar-refractivity contribution is 7.94. The maximum Gasteiger partial charge on any atom is 0.326 e. The number of hydrogen-bond donors (Lipinski definition) is 1. The normalized spacial score (nSPS) is 11.9. The highest BCUT2D eigenvalue weighted by atomic mass is 32.2. The van der Waals surface area contributed by atoms with Crippen molar-refractivity contribution in [2.45, 2.75) is 19.4 Å². The third-order valence-electron chi connectivity index (χ3n) is 1.52. The molecule has 0 rings (SSSR count). The first-order valence-electron chi connectivity index (χ1n) is 4.85. The number of esters is 2. The van der Waals surface area contributed by atoms with Crippen LogP contribution >= 0.6 is 12.0 Å². The molecule has 0 aromatic rings. The lowest BCUT2D eigenvalue weighted by atomic mass is 10.3. The molecule has 0 saturated carbocycles. The number of nitrogens with two attached hydrogens (primary N) is 1. The van der Waals surface area contributed by atoms with Crippen molar-refractivity contribution in [3.8, 4) is 0 Å². The smallest absolute Gasteiger partial charge is 0.326 e. The molecule has 0 saturated heterocycles. The molecule has 94 valence electrons. The lowest BCUT2D eigenvalue weighted by Crippen LogP contribution is -2.37. The molecule has 0 aromatic carbocycles. The number of carbonyl (C=O) groups excluding carboxylic acids is 2. The quantitative estimate of drug-likeness (QED) is 0.372. The van der Waals surface area contributed by atoms with E-state index in [-0.39, 0.29) is 19.6 Å². The summed E-state index contributed by atoms with van der Waals surface area (Å²) >= 11 is 1.16. The van der Waals surface area contributed by atoms with Gasteiger partial charge in [0.05, 0.1) is 20.1 Å². The Kier molecular flexibility index (Phi) is 8.97. The summed E-state index contributed by atoms with van der Waals surface area (Å²) in [6, 6.07) is -0.918. The van der Waals surface area contributed by atoms with Gasteiger partial charge in [0.2, 0.25) is 0 Å². The van der Waals surface area contributed by atoms with Crippen molar-refractivity contribution >= 4 is 24.0 Å². The predicted octanol–water partition coefficient (Wildman–Crippen LogP) is 0.105. The van der Waals surface area contributed by atoms with E-state index >= 15 is 0 Å². The van der Waals surface area contributed by atoms with Crippen LogP contribution in [0.1, 0.15) is 13.3 Å². The van der Waals surface area contributed by atoms with Crippen LogP contribution < -0.4 is 5.73 Å². The molecule has 0 aliphatic rings. The van der Waals surface area contributed by atoms with Gasteiger partial charge in [-0.05, 0) is 19.0 Å². The summed E-state index contributed by atoms with van der Waals surface area (Å²) in [6.45, 7) is 1.78. The molecule has 0 spiro atoms. The molecule has 0 fully saturated rings. The predicted molar refractivity (Wildman–Crippen MR) is 59.7 cm³/mol. The van der Waals surface area contributed by atoms with Crippen molar-refractivity contribution in [1.29, 1.82) is 0 Å². The lowest BCUT2D eigenvalue weighted by Gasteiger charge is -2.10. The Morgan fingerprint density at radius 3 is 2.62 bits per heavy atom. The van der Waals surface area contributed by atoms with E-state index in [1.165, 1.54) is 7.11 Å². The average Bonchev–Trinajstić information content (AvgIpc) is 2.26. The second-order valence-corrected chi connectivity index (χ2v) is 3.76. The second kappa shape index (κ2) is 9.44. The largest absolute Gasteiger partial charge is 0.465 e. The Balaban J connectivity index is 3.62. The standard InChI is InChI=1S/C9H17NO5S/c1-3-14-9(12)7(10)6-15-8(11)4-5-16-13-2/h7H,3-6,10H2,1-2H3.